The van der Waals surface area contributed by atoms with E-state index in [0.29, 0.717) is 0 Å². The summed E-state index contributed by atoms with van der Waals surface area (Å²) in [5.41, 5.74) is 1.11. The number of benzene rings is 1. The largest absolute Gasteiger partial charge is 0.497 e. The van der Waals surface area contributed by atoms with Crippen LogP contribution >= 0.6 is 11.3 Å². The number of aromatic nitrogens is 1. The van der Waals surface area contributed by atoms with Gasteiger partial charge in [0, 0.05) is 30.2 Å². The predicted octanol–water partition coefficient (Wildman–Crippen LogP) is 2.81. The molecule has 0 aliphatic heterocycles. The van der Waals surface area contributed by atoms with Crippen LogP contribution in [-0.4, -0.2) is 18.6 Å². The molecule has 0 saturated carbocycles. The molecule has 0 spiro atoms. The summed E-state index contributed by atoms with van der Waals surface area (Å²) >= 11 is 1.69. The van der Waals surface area contributed by atoms with Gasteiger partial charge in [0.15, 0.2) is 0 Å². The van der Waals surface area contributed by atoms with E-state index in [1.807, 2.05) is 35.8 Å². The number of nitrogens with one attached hydrogen (secondary N) is 1. The van der Waals surface area contributed by atoms with Crippen molar-refractivity contribution in [2.45, 2.75) is 6.42 Å². The fourth-order valence-corrected chi connectivity index (χ4v) is 2.02. The van der Waals surface area contributed by atoms with Gasteiger partial charge in [-0.2, -0.15) is 0 Å². The van der Waals surface area contributed by atoms with Crippen molar-refractivity contribution in [3.05, 3.63) is 40.8 Å². The third kappa shape index (κ3) is 2.97. The third-order valence-electron chi connectivity index (χ3n) is 2.24. The minimum Gasteiger partial charge on any atom is -0.497 e. The molecule has 1 aromatic carbocycles. The van der Waals surface area contributed by atoms with Gasteiger partial charge >= 0.3 is 0 Å². The minimum absolute atomic E-state index is 0.880. The van der Waals surface area contributed by atoms with E-state index in [1.54, 1.807) is 18.4 Å². The quantitative estimate of drug-likeness (QED) is 0.863. The Morgan fingerprint density at radius 2 is 2.12 bits per heavy atom. The third-order valence-corrected chi connectivity index (χ3v) is 3.08. The van der Waals surface area contributed by atoms with Crippen molar-refractivity contribution in [1.82, 2.24) is 4.98 Å². The second-order valence-electron chi connectivity index (χ2n) is 3.33. The summed E-state index contributed by atoms with van der Waals surface area (Å²) in [6, 6.07) is 7.93. The van der Waals surface area contributed by atoms with Crippen molar-refractivity contribution < 1.29 is 4.74 Å². The van der Waals surface area contributed by atoms with Crippen LogP contribution in [0.15, 0.2) is 35.8 Å². The molecule has 0 bridgehead atoms. The van der Waals surface area contributed by atoms with Crippen molar-refractivity contribution in [2.24, 2.45) is 0 Å². The molecule has 0 saturated heterocycles. The van der Waals surface area contributed by atoms with Gasteiger partial charge in [-0.3, -0.25) is 0 Å². The molecule has 3 nitrogen and oxygen atoms in total. The number of anilines is 1. The van der Waals surface area contributed by atoms with E-state index in [9.17, 15) is 0 Å². The molecule has 1 heterocycles. The molecule has 0 fully saturated rings. The van der Waals surface area contributed by atoms with Gasteiger partial charge in [0.2, 0.25) is 0 Å². The topological polar surface area (TPSA) is 34.1 Å². The lowest BCUT2D eigenvalue weighted by Gasteiger charge is -2.05. The normalized spacial score (nSPS) is 10.1. The molecule has 0 amide bonds. The number of methoxy groups -OCH3 is 1. The van der Waals surface area contributed by atoms with Crippen LogP contribution in [0.2, 0.25) is 0 Å². The highest BCUT2D eigenvalue weighted by Gasteiger charge is 1.96. The second kappa shape index (κ2) is 5.51. The van der Waals surface area contributed by atoms with Crippen LogP contribution in [0.5, 0.6) is 5.75 Å². The first-order valence-electron chi connectivity index (χ1n) is 5.15. The average Bonchev–Trinajstić information content (AvgIpc) is 2.83. The van der Waals surface area contributed by atoms with Gasteiger partial charge in [0.1, 0.15) is 5.75 Å². The number of thiazole rings is 1. The minimum atomic E-state index is 0.880. The molecule has 0 aliphatic rings. The van der Waals surface area contributed by atoms with Gasteiger partial charge in [-0.1, -0.05) is 0 Å². The fourth-order valence-electron chi connectivity index (χ4n) is 1.40. The van der Waals surface area contributed by atoms with Crippen LogP contribution in [0.25, 0.3) is 0 Å². The highest BCUT2D eigenvalue weighted by molar-refractivity contribution is 7.09. The Morgan fingerprint density at radius 1 is 1.31 bits per heavy atom. The second-order valence-corrected chi connectivity index (χ2v) is 4.31. The molecule has 2 aromatic rings. The Labute approximate surface area is 99.1 Å². The Kier molecular flexibility index (Phi) is 3.77. The van der Waals surface area contributed by atoms with Gasteiger partial charge in [-0.25, -0.2) is 4.98 Å². The zero-order valence-corrected chi connectivity index (χ0v) is 9.96. The Balaban J connectivity index is 1.81. The fraction of sp³-hybridized carbons (Fsp3) is 0.250. The summed E-state index contributed by atoms with van der Waals surface area (Å²) in [4.78, 5) is 4.23. The molecule has 0 aliphatic carbocycles. The maximum atomic E-state index is 5.10. The summed E-state index contributed by atoms with van der Waals surface area (Å²) in [6.45, 7) is 0.903. The van der Waals surface area contributed by atoms with Crippen molar-refractivity contribution in [3.8, 4) is 5.75 Å². The molecule has 16 heavy (non-hydrogen) atoms. The van der Waals surface area contributed by atoms with Crippen LogP contribution in [0.1, 0.15) is 5.01 Å². The molecule has 0 unspecified atom stereocenters. The van der Waals surface area contributed by atoms with E-state index in [2.05, 4.69) is 10.3 Å². The smallest absolute Gasteiger partial charge is 0.119 e. The van der Waals surface area contributed by atoms with Crippen LogP contribution in [0.4, 0.5) is 5.69 Å². The van der Waals surface area contributed by atoms with Gasteiger partial charge in [-0.05, 0) is 24.3 Å². The average molecular weight is 234 g/mol. The molecule has 0 radical (unpaired) electrons. The molecule has 2 rings (SSSR count). The summed E-state index contributed by atoms with van der Waals surface area (Å²) in [5, 5.41) is 6.52. The van der Waals surface area contributed by atoms with E-state index in [1.165, 1.54) is 5.01 Å². The van der Waals surface area contributed by atoms with Crippen LogP contribution in [0.3, 0.4) is 0 Å². The first kappa shape index (κ1) is 11.0. The zero-order chi connectivity index (χ0) is 11.2. The van der Waals surface area contributed by atoms with E-state index in [-0.39, 0.29) is 0 Å². The van der Waals surface area contributed by atoms with Gasteiger partial charge in [0.25, 0.3) is 0 Å². The first-order valence-corrected chi connectivity index (χ1v) is 6.03. The molecule has 4 heteroatoms. The van der Waals surface area contributed by atoms with Crippen molar-refractivity contribution in [3.63, 3.8) is 0 Å². The molecule has 84 valence electrons. The van der Waals surface area contributed by atoms with Crippen LogP contribution < -0.4 is 10.1 Å². The lowest BCUT2D eigenvalue weighted by Crippen LogP contribution is -2.04. The Hall–Kier alpha value is -1.55. The highest BCUT2D eigenvalue weighted by atomic mass is 32.1. The molecule has 1 N–H and O–H groups in total. The highest BCUT2D eigenvalue weighted by Crippen LogP contribution is 2.15. The maximum Gasteiger partial charge on any atom is 0.119 e. The van der Waals surface area contributed by atoms with Gasteiger partial charge in [0.05, 0.1) is 12.1 Å². The molecule has 0 atom stereocenters. The summed E-state index contributed by atoms with van der Waals surface area (Å²) < 4.78 is 5.10. The number of hydrogen-bond acceptors (Lipinski definition) is 4. The number of hydrogen-bond donors (Lipinski definition) is 1. The molecular weight excluding hydrogens is 220 g/mol. The van der Waals surface area contributed by atoms with Crippen molar-refractivity contribution in [2.75, 3.05) is 19.0 Å². The monoisotopic (exact) mass is 234 g/mol. The zero-order valence-electron chi connectivity index (χ0n) is 9.14. The number of ether oxygens (including phenoxy) is 1. The van der Waals surface area contributed by atoms with Crippen molar-refractivity contribution >= 4 is 17.0 Å². The lowest BCUT2D eigenvalue weighted by atomic mass is 10.3. The van der Waals surface area contributed by atoms with Gasteiger partial charge < -0.3 is 10.1 Å². The SMILES string of the molecule is COc1ccc(NCCc2nccs2)cc1. The van der Waals surface area contributed by atoms with Crippen LogP contribution in [0, 0.1) is 0 Å². The van der Waals surface area contributed by atoms with Crippen LogP contribution in [-0.2, 0) is 6.42 Å². The lowest BCUT2D eigenvalue weighted by molar-refractivity contribution is 0.415. The van der Waals surface area contributed by atoms with E-state index in [0.717, 1.165) is 24.4 Å². The summed E-state index contributed by atoms with van der Waals surface area (Å²) in [7, 11) is 1.67. The Bertz CT molecular complexity index is 411. The molecular formula is C12H14N2OS. The molecule has 1 aromatic heterocycles. The number of rotatable bonds is 5. The first-order chi connectivity index (χ1) is 7.88. The van der Waals surface area contributed by atoms with E-state index in [4.69, 9.17) is 4.74 Å². The van der Waals surface area contributed by atoms with Gasteiger partial charge in [-0.15, -0.1) is 11.3 Å². The summed E-state index contributed by atoms with van der Waals surface area (Å²) in [5.74, 6) is 0.880. The Morgan fingerprint density at radius 3 is 2.75 bits per heavy atom. The predicted molar refractivity (Wildman–Crippen MR) is 67.3 cm³/mol. The van der Waals surface area contributed by atoms with E-state index < -0.39 is 0 Å². The van der Waals surface area contributed by atoms with E-state index >= 15 is 0 Å². The number of nitrogens with zero attached hydrogens (tertiary/aromatic N) is 1. The summed E-state index contributed by atoms with van der Waals surface area (Å²) in [6.07, 6.45) is 2.80. The maximum absolute atomic E-state index is 5.10. The standard InChI is InChI=1S/C12H14N2OS/c1-15-11-4-2-10(3-5-11)13-7-6-12-14-8-9-16-12/h2-5,8-9,13H,6-7H2,1H3. The van der Waals surface area contributed by atoms with Crippen molar-refractivity contribution in [1.29, 1.82) is 0 Å².